The molecule has 184 valence electrons. The summed E-state index contributed by atoms with van der Waals surface area (Å²) in [6.07, 6.45) is 8.93. The van der Waals surface area contributed by atoms with Crippen molar-refractivity contribution >= 4 is 50.2 Å². The summed E-state index contributed by atoms with van der Waals surface area (Å²) in [4.78, 5) is 19.4. The third-order valence-electron chi connectivity index (χ3n) is 6.91. The fraction of sp³-hybridized carbons (Fsp3) is 0.500. The van der Waals surface area contributed by atoms with Crippen molar-refractivity contribution in [1.29, 1.82) is 0 Å². The van der Waals surface area contributed by atoms with Crippen molar-refractivity contribution in [1.82, 2.24) is 14.5 Å². The van der Waals surface area contributed by atoms with Crippen LogP contribution in [0.15, 0.2) is 33.8 Å². The lowest BCUT2D eigenvalue weighted by Gasteiger charge is -2.33. The Morgan fingerprint density at radius 2 is 1.97 bits per heavy atom. The summed E-state index contributed by atoms with van der Waals surface area (Å²) in [6.45, 7) is 2.38. The predicted molar refractivity (Wildman–Crippen MR) is 137 cm³/mol. The van der Waals surface area contributed by atoms with Gasteiger partial charge in [0, 0.05) is 60.3 Å². The van der Waals surface area contributed by atoms with Crippen LogP contribution in [0.4, 0.5) is 0 Å². The second kappa shape index (κ2) is 10.4. The van der Waals surface area contributed by atoms with Crippen molar-refractivity contribution in [3.8, 4) is 5.75 Å². The SMILES string of the molecule is Cl.O=C(CCS(=O)(=O)C1=Cc2ccc(Br)cc2OC1)N1CCC(c2cnc3n2CCCC3)CC1. The van der Waals surface area contributed by atoms with Gasteiger partial charge in [0.1, 0.15) is 18.2 Å². The molecule has 0 unspecified atom stereocenters. The minimum absolute atomic E-state index is 0. The molecule has 10 heteroatoms. The van der Waals surface area contributed by atoms with Crippen LogP contribution in [-0.2, 0) is 27.6 Å². The van der Waals surface area contributed by atoms with Crippen LogP contribution in [0.2, 0.25) is 0 Å². The van der Waals surface area contributed by atoms with E-state index in [2.05, 4.69) is 25.5 Å². The minimum atomic E-state index is -3.56. The van der Waals surface area contributed by atoms with Crippen LogP contribution in [-0.4, -0.2) is 54.2 Å². The van der Waals surface area contributed by atoms with Crippen LogP contribution in [0.5, 0.6) is 5.75 Å². The van der Waals surface area contributed by atoms with Crippen molar-refractivity contribution < 1.29 is 17.9 Å². The fourth-order valence-corrected chi connectivity index (χ4v) is 6.59. The number of carbonyl (C=O) groups excluding carboxylic acids is 1. The Morgan fingerprint density at radius 3 is 2.76 bits per heavy atom. The molecule has 3 aliphatic rings. The van der Waals surface area contributed by atoms with Gasteiger partial charge < -0.3 is 14.2 Å². The maximum Gasteiger partial charge on any atom is 0.223 e. The number of nitrogens with zero attached hydrogens (tertiary/aromatic N) is 3. The van der Waals surface area contributed by atoms with E-state index >= 15 is 0 Å². The van der Waals surface area contributed by atoms with Gasteiger partial charge in [-0.25, -0.2) is 13.4 Å². The Hall–Kier alpha value is -1.84. The number of hydrogen-bond donors (Lipinski definition) is 0. The Kier molecular flexibility index (Phi) is 7.74. The predicted octanol–water partition coefficient (Wildman–Crippen LogP) is 4.35. The first-order valence-corrected chi connectivity index (χ1v) is 14.0. The summed E-state index contributed by atoms with van der Waals surface area (Å²) >= 11 is 3.39. The molecule has 2 aromatic rings. The highest BCUT2D eigenvalue weighted by Crippen LogP contribution is 2.32. The highest BCUT2D eigenvalue weighted by atomic mass is 79.9. The summed E-state index contributed by atoms with van der Waals surface area (Å²) in [5.41, 5.74) is 2.04. The van der Waals surface area contributed by atoms with Gasteiger partial charge in [0.25, 0.3) is 0 Å². The Morgan fingerprint density at radius 1 is 1.18 bits per heavy atom. The third-order valence-corrected chi connectivity index (χ3v) is 9.18. The van der Waals surface area contributed by atoms with Crippen LogP contribution in [0.25, 0.3) is 6.08 Å². The summed E-state index contributed by atoms with van der Waals surface area (Å²) < 4.78 is 34.6. The number of sulfone groups is 1. The quantitative estimate of drug-likeness (QED) is 0.534. The van der Waals surface area contributed by atoms with Gasteiger partial charge in [-0.3, -0.25) is 4.79 Å². The van der Waals surface area contributed by atoms with E-state index in [1.165, 1.54) is 24.4 Å². The molecule has 1 aromatic carbocycles. The van der Waals surface area contributed by atoms with Gasteiger partial charge in [0.05, 0.1) is 10.7 Å². The number of halogens is 2. The number of benzene rings is 1. The number of rotatable bonds is 5. The van der Waals surface area contributed by atoms with Gasteiger partial charge in [-0.05, 0) is 43.9 Å². The van der Waals surface area contributed by atoms with Crippen LogP contribution >= 0.6 is 28.3 Å². The Labute approximate surface area is 215 Å². The van der Waals surface area contributed by atoms with E-state index in [4.69, 9.17) is 4.74 Å². The average molecular weight is 571 g/mol. The van der Waals surface area contributed by atoms with Crippen molar-refractivity contribution in [3.63, 3.8) is 0 Å². The molecule has 0 saturated carbocycles. The molecule has 0 radical (unpaired) electrons. The smallest absolute Gasteiger partial charge is 0.223 e. The van der Waals surface area contributed by atoms with E-state index in [0.717, 1.165) is 35.8 Å². The van der Waals surface area contributed by atoms with Crippen molar-refractivity contribution in [3.05, 3.63) is 50.9 Å². The van der Waals surface area contributed by atoms with Crippen molar-refractivity contribution in [2.24, 2.45) is 0 Å². The zero-order valence-corrected chi connectivity index (χ0v) is 22.1. The van der Waals surface area contributed by atoms with Gasteiger partial charge in [0.15, 0.2) is 9.84 Å². The number of likely N-dealkylation sites (tertiary alicyclic amines) is 1. The molecule has 5 rings (SSSR count). The molecule has 1 aromatic heterocycles. The second-order valence-corrected chi connectivity index (χ2v) is 12.1. The van der Waals surface area contributed by atoms with Gasteiger partial charge >= 0.3 is 0 Å². The molecule has 0 spiro atoms. The number of piperidine rings is 1. The molecule has 0 N–H and O–H groups in total. The highest BCUT2D eigenvalue weighted by Gasteiger charge is 2.29. The molecule has 0 atom stereocenters. The first-order valence-electron chi connectivity index (χ1n) is 11.6. The van der Waals surface area contributed by atoms with E-state index in [1.54, 1.807) is 6.08 Å². The number of carbonyl (C=O) groups is 1. The van der Waals surface area contributed by atoms with Crippen LogP contribution in [0.1, 0.15) is 55.1 Å². The molecule has 34 heavy (non-hydrogen) atoms. The molecule has 3 aliphatic heterocycles. The topological polar surface area (TPSA) is 81.5 Å². The van der Waals surface area contributed by atoms with Crippen molar-refractivity contribution in [2.45, 2.75) is 51.0 Å². The van der Waals surface area contributed by atoms with Crippen LogP contribution in [0, 0.1) is 0 Å². The van der Waals surface area contributed by atoms with Gasteiger partial charge in [-0.1, -0.05) is 22.0 Å². The summed E-state index contributed by atoms with van der Waals surface area (Å²) in [5.74, 6) is 1.98. The number of fused-ring (bicyclic) bond motifs is 2. The molecule has 1 saturated heterocycles. The summed E-state index contributed by atoms with van der Waals surface area (Å²) in [5, 5.41) is 0. The zero-order valence-electron chi connectivity index (χ0n) is 18.9. The lowest BCUT2D eigenvalue weighted by molar-refractivity contribution is -0.131. The van der Waals surface area contributed by atoms with Gasteiger partial charge in [-0.15, -0.1) is 12.4 Å². The molecule has 0 bridgehead atoms. The van der Waals surface area contributed by atoms with E-state index < -0.39 is 9.84 Å². The van der Waals surface area contributed by atoms with Crippen LogP contribution in [0.3, 0.4) is 0 Å². The summed E-state index contributed by atoms with van der Waals surface area (Å²) in [6, 6.07) is 5.49. The third kappa shape index (κ3) is 5.21. The average Bonchev–Trinajstić information content (AvgIpc) is 3.26. The van der Waals surface area contributed by atoms with E-state index in [-0.39, 0.29) is 42.0 Å². The zero-order chi connectivity index (χ0) is 23.0. The number of hydrogen-bond acceptors (Lipinski definition) is 5. The minimum Gasteiger partial charge on any atom is -0.488 e. The number of imidazole rings is 1. The van der Waals surface area contributed by atoms with Gasteiger partial charge in [-0.2, -0.15) is 0 Å². The molecular weight excluding hydrogens is 542 g/mol. The molecule has 4 heterocycles. The van der Waals surface area contributed by atoms with E-state index in [9.17, 15) is 13.2 Å². The van der Waals surface area contributed by atoms with E-state index in [1.807, 2.05) is 29.3 Å². The summed E-state index contributed by atoms with van der Waals surface area (Å²) in [7, 11) is -3.56. The standard InChI is InChI=1S/C24H28BrN3O4S.ClH/c25-19-5-4-18-13-20(16-32-22(18)14-19)33(30,31)12-8-24(29)27-10-6-17(7-11-27)21-15-26-23-3-1-2-9-28(21)23;/h4-5,13-15,17H,1-3,6-12,16H2;1H. The van der Waals surface area contributed by atoms with Crippen LogP contribution < -0.4 is 4.74 Å². The number of aromatic nitrogens is 2. The normalized spacial score (nSPS) is 18.3. The highest BCUT2D eigenvalue weighted by molar-refractivity contribution is 9.10. The molecular formula is C24H29BrClN3O4S. The monoisotopic (exact) mass is 569 g/mol. The molecule has 7 nitrogen and oxygen atoms in total. The maximum absolute atomic E-state index is 12.9. The first kappa shape index (κ1) is 25.3. The molecule has 0 aliphatic carbocycles. The number of amides is 1. The molecule has 1 fully saturated rings. The first-order chi connectivity index (χ1) is 15.9. The lowest BCUT2D eigenvalue weighted by atomic mass is 9.93. The second-order valence-electron chi connectivity index (χ2n) is 9.01. The Bertz CT molecular complexity index is 1200. The fourth-order valence-electron chi connectivity index (χ4n) is 5.00. The molecule has 1 amide bonds. The lowest BCUT2D eigenvalue weighted by Crippen LogP contribution is -2.39. The van der Waals surface area contributed by atoms with Gasteiger partial charge in [0.2, 0.25) is 5.91 Å². The largest absolute Gasteiger partial charge is 0.488 e. The van der Waals surface area contributed by atoms with E-state index in [0.29, 0.717) is 24.8 Å². The number of aryl methyl sites for hydroxylation is 1. The maximum atomic E-state index is 12.9. The number of ether oxygens (including phenoxy) is 1. The Balaban J connectivity index is 0.00000274. The van der Waals surface area contributed by atoms with Crippen molar-refractivity contribution in [2.75, 3.05) is 25.4 Å².